The Morgan fingerprint density at radius 3 is 2.60 bits per heavy atom. The van der Waals surface area contributed by atoms with Gasteiger partial charge in [0.2, 0.25) is 0 Å². The standard InChI is InChI=1S/C13H25NO/c1-10(2)14-9-13(15)7-3-4-12(8-13)11-5-6-11/h10-12,14-15H,3-9H2,1-2H3. The van der Waals surface area contributed by atoms with Crippen molar-refractivity contribution in [3.05, 3.63) is 0 Å². The van der Waals surface area contributed by atoms with Crippen molar-refractivity contribution in [3.8, 4) is 0 Å². The van der Waals surface area contributed by atoms with Gasteiger partial charge in [-0.15, -0.1) is 0 Å². The third-order valence-corrected chi connectivity index (χ3v) is 3.99. The Labute approximate surface area is 93.5 Å². The van der Waals surface area contributed by atoms with Crippen LogP contribution in [0.15, 0.2) is 0 Å². The van der Waals surface area contributed by atoms with Gasteiger partial charge in [-0.1, -0.05) is 20.3 Å². The van der Waals surface area contributed by atoms with E-state index in [1.54, 1.807) is 0 Å². The summed E-state index contributed by atoms with van der Waals surface area (Å²) >= 11 is 0. The van der Waals surface area contributed by atoms with E-state index in [0.29, 0.717) is 6.04 Å². The lowest BCUT2D eigenvalue weighted by Crippen LogP contribution is -2.46. The topological polar surface area (TPSA) is 32.3 Å². The van der Waals surface area contributed by atoms with Gasteiger partial charge in [0.1, 0.15) is 0 Å². The Hall–Kier alpha value is -0.0800. The molecule has 0 amide bonds. The second-order valence-electron chi connectivity index (χ2n) is 5.95. The normalized spacial score (nSPS) is 37.2. The Kier molecular flexibility index (Phi) is 3.36. The second kappa shape index (κ2) is 4.42. The molecule has 0 aromatic rings. The van der Waals surface area contributed by atoms with Crippen LogP contribution < -0.4 is 5.32 Å². The predicted octanol–water partition coefficient (Wildman–Crippen LogP) is 2.32. The average molecular weight is 211 g/mol. The van der Waals surface area contributed by atoms with E-state index >= 15 is 0 Å². The molecule has 2 heteroatoms. The fraction of sp³-hybridized carbons (Fsp3) is 1.00. The predicted molar refractivity (Wildman–Crippen MR) is 62.8 cm³/mol. The van der Waals surface area contributed by atoms with Gasteiger partial charge in [0, 0.05) is 12.6 Å². The van der Waals surface area contributed by atoms with Crippen LogP contribution in [0.2, 0.25) is 0 Å². The molecule has 0 spiro atoms. The van der Waals surface area contributed by atoms with Crippen LogP contribution in [0.5, 0.6) is 0 Å². The van der Waals surface area contributed by atoms with E-state index < -0.39 is 5.60 Å². The first-order chi connectivity index (χ1) is 7.09. The van der Waals surface area contributed by atoms with Gasteiger partial charge < -0.3 is 10.4 Å². The zero-order chi connectivity index (χ0) is 10.9. The molecule has 2 fully saturated rings. The van der Waals surface area contributed by atoms with E-state index in [1.807, 2.05) is 0 Å². The van der Waals surface area contributed by atoms with Crippen LogP contribution in [-0.2, 0) is 0 Å². The van der Waals surface area contributed by atoms with Crippen molar-refractivity contribution in [3.63, 3.8) is 0 Å². The summed E-state index contributed by atoms with van der Waals surface area (Å²) < 4.78 is 0. The lowest BCUT2D eigenvalue weighted by atomic mass is 9.76. The molecule has 0 aromatic heterocycles. The summed E-state index contributed by atoms with van der Waals surface area (Å²) in [6, 6.07) is 0.482. The van der Waals surface area contributed by atoms with Crippen LogP contribution in [0.1, 0.15) is 52.4 Å². The minimum absolute atomic E-state index is 0.407. The highest BCUT2D eigenvalue weighted by Gasteiger charge is 2.40. The van der Waals surface area contributed by atoms with Crippen LogP contribution in [0, 0.1) is 11.8 Å². The van der Waals surface area contributed by atoms with Crippen LogP contribution >= 0.6 is 0 Å². The minimum atomic E-state index is -0.407. The SMILES string of the molecule is CC(C)NCC1(O)CCCC(C2CC2)C1. The Balaban J connectivity index is 1.83. The molecule has 2 nitrogen and oxygen atoms in total. The molecule has 0 saturated heterocycles. The highest BCUT2D eigenvalue weighted by molar-refractivity contribution is 4.93. The Morgan fingerprint density at radius 2 is 2.00 bits per heavy atom. The van der Waals surface area contributed by atoms with Crippen molar-refractivity contribution in [2.45, 2.75) is 64.0 Å². The van der Waals surface area contributed by atoms with Gasteiger partial charge in [-0.2, -0.15) is 0 Å². The number of aliphatic hydroxyl groups is 1. The molecule has 15 heavy (non-hydrogen) atoms. The smallest absolute Gasteiger partial charge is 0.0774 e. The monoisotopic (exact) mass is 211 g/mol. The highest BCUT2D eigenvalue weighted by Crippen LogP contribution is 2.46. The van der Waals surface area contributed by atoms with Gasteiger partial charge in [-0.25, -0.2) is 0 Å². The zero-order valence-electron chi connectivity index (χ0n) is 10.1. The van der Waals surface area contributed by atoms with Gasteiger partial charge in [-0.3, -0.25) is 0 Å². The third-order valence-electron chi connectivity index (χ3n) is 3.99. The molecule has 0 radical (unpaired) electrons. The van der Waals surface area contributed by atoms with Crippen molar-refractivity contribution >= 4 is 0 Å². The van der Waals surface area contributed by atoms with Gasteiger partial charge >= 0.3 is 0 Å². The first-order valence-corrected chi connectivity index (χ1v) is 6.55. The Bertz CT molecular complexity index is 213. The maximum Gasteiger partial charge on any atom is 0.0774 e. The molecule has 2 unspecified atom stereocenters. The van der Waals surface area contributed by atoms with Crippen molar-refractivity contribution in [1.29, 1.82) is 0 Å². The zero-order valence-corrected chi connectivity index (χ0v) is 10.1. The Morgan fingerprint density at radius 1 is 1.27 bits per heavy atom. The largest absolute Gasteiger partial charge is 0.389 e. The van der Waals surface area contributed by atoms with Crippen molar-refractivity contribution in [2.24, 2.45) is 11.8 Å². The molecule has 2 saturated carbocycles. The summed E-state index contributed by atoms with van der Waals surface area (Å²) in [5, 5.41) is 13.9. The van der Waals surface area contributed by atoms with E-state index in [4.69, 9.17) is 0 Å². The first kappa shape index (κ1) is 11.4. The average Bonchev–Trinajstić information content (AvgIpc) is 2.98. The lowest BCUT2D eigenvalue weighted by Gasteiger charge is -2.37. The quantitative estimate of drug-likeness (QED) is 0.748. The van der Waals surface area contributed by atoms with Crippen molar-refractivity contribution in [2.75, 3.05) is 6.54 Å². The fourth-order valence-electron chi connectivity index (χ4n) is 2.91. The van der Waals surface area contributed by atoms with Gasteiger partial charge in [-0.05, 0) is 43.9 Å². The molecule has 0 aromatic carbocycles. The van der Waals surface area contributed by atoms with Crippen LogP contribution in [0.3, 0.4) is 0 Å². The van der Waals surface area contributed by atoms with Crippen molar-refractivity contribution in [1.82, 2.24) is 5.32 Å². The van der Waals surface area contributed by atoms with E-state index in [0.717, 1.165) is 31.2 Å². The number of hydrogen-bond acceptors (Lipinski definition) is 2. The summed E-state index contributed by atoms with van der Waals surface area (Å²) in [6.07, 6.45) is 7.44. The molecule has 2 N–H and O–H groups in total. The summed E-state index contributed by atoms with van der Waals surface area (Å²) in [4.78, 5) is 0. The van der Waals surface area contributed by atoms with Gasteiger partial charge in [0.05, 0.1) is 5.60 Å². The van der Waals surface area contributed by atoms with Gasteiger partial charge in [0.15, 0.2) is 0 Å². The van der Waals surface area contributed by atoms with Crippen molar-refractivity contribution < 1.29 is 5.11 Å². The van der Waals surface area contributed by atoms with E-state index in [1.165, 1.54) is 25.7 Å². The lowest BCUT2D eigenvalue weighted by molar-refractivity contribution is -0.0200. The van der Waals surface area contributed by atoms with E-state index in [9.17, 15) is 5.11 Å². The maximum atomic E-state index is 10.5. The fourth-order valence-corrected chi connectivity index (χ4v) is 2.91. The summed E-state index contributed by atoms with van der Waals surface area (Å²) in [6.45, 7) is 5.07. The molecule has 2 rings (SSSR count). The first-order valence-electron chi connectivity index (χ1n) is 6.55. The van der Waals surface area contributed by atoms with E-state index in [2.05, 4.69) is 19.2 Å². The number of nitrogens with one attached hydrogen (secondary N) is 1. The summed E-state index contributed by atoms with van der Waals surface area (Å²) in [5.41, 5.74) is -0.407. The van der Waals surface area contributed by atoms with Crippen LogP contribution in [0.4, 0.5) is 0 Å². The molecule has 2 aliphatic carbocycles. The van der Waals surface area contributed by atoms with E-state index in [-0.39, 0.29) is 0 Å². The number of hydrogen-bond donors (Lipinski definition) is 2. The maximum absolute atomic E-state index is 10.5. The second-order valence-corrected chi connectivity index (χ2v) is 5.95. The highest BCUT2D eigenvalue weighted by atomic mass is 16.3. The molecule has 0 bridgehead atoms. The van der Waals surface area contributed by atoms with Crippen LogP contribution in [-0.4, -0.2) is 23.3 Å². The van der Waals surface area contributed by atoms with Gasteiger partial charge in [0.25, 0.3) is 0 Å². The molecule has 2 atom stereocenters. The third kappa shape index (κ3) is 3.18. The molecule has 88 valence electrons. The molecular weight excluding hydrogens is 186 g/mol. The molecule has 2 aliphatic rings. The minimum Gasteiger partial charge on any atom is -0.389 e. The molecule has 0 aliphatic heterocycles. The molecular formula is C13H25NO. The molecule has 0 heterocycles. The summed E-state index contributed by atoms with van der Waals surface area (Å²) in [7, 11) is 0. The van der Waals surface area contributed by atoms with Crippen LogP contribution in [0.25, 0.3) is 0 Å². The number of rotatable bonds is 4. The summed E-state index contributed by atoms with van der Waals surface area (Å²) in [5.74, 6) is 1.77.